The Labute approximate surface area is 228 Å². The molecule has 0 unspecified atom stereocenters. The van der Waals surface area contributed by atoms with Gasteiger partial charge < -0.3 is 14.5 Å². The number of nitrogens with zero attached hydrogens (tertiary/aromatic N) is 3. The molecule has 1 aliphatic rings. The summed E-state index contributed by atoms with van der Waals surface area (Å²) in [6.07, 6.45) is 3.45. The average Bonchev–Trinajstić information content (AvgIpc) is 2.96. The number of carbonyl (C=O) groups is 2. The van der Waals surface area contributed by atoms with E-state index >= 15 is 0 Å². The van der Waals surface area contributed by atoms with E-state index in [1.165, 1.54) is 31.4 Å². The van der Waals surface area contributed by atoms with Crippen LogP contribution in [0.5, 0.6) is 0 Å². The van der Waals surface area contributed by atoms with Crippen molar-refractivity contribution < 1.29 is 22.7 Å². The third-order valence-electron chi connectivity index (χ3n) is 6.62. The second kappa shape index (κ2) is 10.5. The highest BCUT2D eigenvalue weighted by atomic mass is 79.9. The fourth-order valence-corrected chi connectivity index (χ4v) is 6.25. The minimum Gasteiger partial charge on any atom is -0.465 e. The predicted octanol–water partition coefficient (Wildman–Crippen LogP) is 4.58. The van der Waals surface area contributed by atoms with E-state index in [9.17, 15) is 18.0 Å². The number of rotatable bonds is 5. The molecule has 0 N–H and O–H groups in total. The lowest BCUT2D eigenvalue weighted by atomic mass is 10.1. The summed E-state index contributed by atoms with van der Waals surface area (Å²) in [4.78, 5) is 34.0. The van der Waals surface area contributed by atoms with Crippen LogP contribution in [0.4, 0.5) is 5.69 Å². The monoisotopic (exact) mass is 593 g/mol. The Morgan fingerprint density at radius 3 is 2.16 bits per heavy atom. The second-order valence-electron chi connectivity index (χ2n) is 8.84. The molecule has 194 valence electrons. The number of hydrogen-bond acceptors (Lipinski definition) is 7. The quantitative estimate of drug-likeness (QED) is 0.312. The van der Waals surface area contributed by atoms with E-state index in [2.05, 4.69) is 25.8 Å². The van der Waals surface area contributed by atoms with E-state index in [1.54, 1.807) is 29.4 Å². The molecule has 1 saturated heterocycles. The maximum absolute atomic E-state index is 13.5. The number of halogens is 1. The molecule has 2 heterocycles. The summed E-state index contributed by atoms with van der Waals surface area (Å²) in [5.41, 5.74) is 1.05. The fourth-order valence-electron chi connectivity index (χ4n) is 4.55. The van der Waals surface area contributed by atoms with Crippen molar-refractivity contribution >= 4 is 54.1 Å². The van der Waals surface area contributed by atoms with Crippen LogP contribution in [-0.4, -0.2) is 63.5 Å². The molecule has 0 saturated carbocycles. The Morgan fingerprint density at radius 2 is 1.45 bits per heavy atom. The van der Waals surface area contributed by atoms with E-state index in [0.717, 1.165) is 20.9 Å². The largest absolute Gasteiger partial charge is 0.465 e. The SMILES string of the molecule is COC(=O)c1cc(S(=O)(=O)c2ccc3cc(Br)ccc3c2)ccc1C(=O)N1CCN(c2ccncc2)CC1. The first-order valence-corrected chi connectivity index (χ1v) is 14.2. The van der Waals surface area contributed by atoms with Crippen LogP contribution in [0.25, 0.3) is 10.8 Å². The van der Waals surface area contributed by atoms with E-state index in [1.807, 2.05) is 30.3 Å². The average molecular weight is 594 g/mol. The first-order chi connectivity index (χ1) is 18.3. The van der Waals surface area contributed by atoms with Gasteiger partial charge in [0.05, 0.1) is 28.0 Å². The van der Waals surface area contributed by atoms with E-state index in [4.69, 9.17) is 4.74 Å². The number of benzene rings is 3. The van der Waals surface area contributed by atoms with Crippen LogP contribution in [0.15, 0.2) is 93.4 Å². The molecule has 5 rings (SSSR count). The van der Waals surface area contributed by atoms with Crippen LogP contribution >= 0.6 is 15.9 Å². The van der Waals surface area contributed by atoms with Crippen LogP contribution in [0.1, 0.15) is 20.7 Å². The lowest BCUT2D eigenvalue weighted by Gasteiger charge is -2.36. The number of sulfone groups is 1. The van der Waals surface area contributed by atoms with Gasteiger partial charge in [-0.25, -0.2) is 13.2 Å². The number of ether oxygens (including phenoxy) is 1. The lowest BCUT2D eigenvalue weighted by molar-refractivity contribution is 0.0589. The van der Waals surface area contributed by atoms with Gasteiger partial charge in [-0.1, -0.05) is 28.1 Å². The molecule has 0 atom stereocenters. The Kier molecular flexibility index (Phi) is 7.18. The van der Waals surface area contributed by atoms with Gasteiger partial charge in [0.25, 0.3) is 5.91 Å². The molecular formula is C28H24BrN3O5S. The van der Waals surface area contributed by atoms with Gasteiger partial charge in [-0.05, 0) is 65.4 Å². The molecule has 10 heteroatoms. The number of hydrogen-bond donors (Lipinski definition) is 0. The van der Waals surface area contributed by atoms with Gasteiger partial charge in [-0.2, -0.15) is 0 Å². The van der Waals surface area contributed by atoms with Gasteiger partial charge in [0.15, 0.2) is 0 Å². The summed E-state index contributed by atoms with van der Waals surface area (Å²) < 4.78 is 32.8. The summed E-state index contributed by atoms with van der Waals surface area (Å²) in [5.74, 6) is -1.12. The summed E-state index contributed by atoms with van der Waals surface area (Å²) in [6, 6.07) is 18.3. The van der Waals surface area contributed by atoms with E-state index in [0.29, 0.717) is 26.2 Å². The van der Waals surface area contributed by atoms with Crippen LogP contribution < -0.4 is 4.90 Å². The summed E-state index contributed by atoms with van der Waals surface area (Å²) >= 11 is 3.42. The van der Waals surface area contributed by atoms with Crippen LogP contribution in [-0.2, 0) is 14.6 Å². The number of aromatic nitrogens is 1. The highest BCUT2D eigenvalue weighted by Crippen LogP contribution is 2.29. The molecule has 0 spiro atoms. The van der Waals surface area contributed by atoms with Crippen LogP contribution in [0, 0.1) is 0 Å². The number of amides is 1. The fraction of sp³-hybridized carbons (Fsp3) is 0.179. The number of methoxy groups -OCH3 is 1. The standard InChI is InChI=1S/C28H24BrN3O5S/c1-37-28(34)26-18-24(38(35,36)23-5-3-19-16-21(29)4-2-20(19)17-23)6-7-25(26)27(33)32-14-12-31(13-15-32)22-8-10-30-11-9-22/h2-11,16-18H,12-15H2,1H3. The van der Waals surface area contributed by atoms with Gasteiger partial charge in [0.2, 0.25) is 9.84 Å². The minimum atomic E-state index is -3.97. The van der Waals surface area contributed by atoms with Gasteiger partial charge in [-0.3, -0.25) is 9.78 Å². The summed E-state index contributed by atoms with van der Waals surface area (Å²) in [6.45, 7) is 2.15. The smallest absolute Gasteiger partial charge is 0.338 e. The Hall–Kier alpha value is -3.76. The summed E-state index contributed by atoms with van der Waals surface area (Å²) in [7, 11) is -2.77. The van der Waals surface area contributed by atoms with Gasteiger partial charge in [0.1, 0.15) is 0 Å². The van der Waals surface area contributed by atoms with Crippen molar-refractivity contribution in [3.63, 3.8) is 0 Å². The molecule has 0 aliphatic carbocycles. The normalized spacial score (nSPS) is 13.9. The predicted molar refractivity (Wildman–Crippen MR) is 147 cm³/mol. The third-order valence-corrected chi connectivity index (χ3v) is 8.86. The van der Waals surface area contributed by atoms with Crippen molar-refractivity contribution in [1.82, 2.24) is 9.88 Å². The molecule has 4 aromatic rings. The van der Waals surface area contributed by atoms with Crippen molar-refractivity contribution in [3.8, 4) is 0 Å². The Balaban J connectivity index is 1.43. The van der Waals surface area contributed by atoms with Crippen LogP contribution in [0.2, 0.25) is 0 Å². The summed E-state index contributed by atoms with van der Waals surface area (Å²) in [5, 5.41) is 1.65. The van der Waals surface area contributed by atoms with Gasteiger partial charge in [-0.15, -0.1) is 0 Å². The Bertz CT molecular complexity index is 1640. The molecule has 1 aliphatic heterocycles. The third kappa shape index (κ3) is 5.01. The zero-order valence-corrected chi connectivity index (χ0v) is 22.9. The number of esters is 1. The van der Waals surface area contributed by atoms with E-state index < -0.39 is 15.8 Å². The number of anilines is 1. The second-order valence-corrected chi connectivity index (χ2v) is 11.7. The molecular weight excluding hydrogens is 570 g/mol. The number of pyridine rings is 1. The number of carbonyl (C=O) groups excluding carboxylic acids is 2. The van der Waals surface area contributed by atoms with Crippen molar-refractivity contribution in [2.45, 2.75) is 9.79 Å². The molecule has 0 radical (unpaired) electrons. The van der Waals surface area contributed by atoms with Crippen molar-refractivity contribution in [2.75, 3.05) is 38.2 Å². The highest BCUT2D eigenvalue weighted by molar-refractivity contribution is 9.10. The van der Waals surface area contributed by atoms with Gasteiger partial charge >= 0.3 is 5.97 Å². The highest BCUT2D eigenvalue weighted by Gasteiger charge is 2.28. The molecule has 38 heavy (non-hydrogen) atoms. The number of piperazine rings is 1. The van der Waals surface area contributed by atoms with Crippen molar-refractivity contribution in [1.29, 1.82) is 0 Å². The maximum atomic E-state index is 13.5. The molecule has 8 nitrogen and oxygen atoms in total. The molecule has 3 aromatic carbocycles. The zero-order valence-electron chi connectivity index (χ0n) is 20.5. The molecule has 1 amide bonds. The molecule has 1 fully saturated rings. The number of fused-ring (bicyclic) bond motifs is 1. The van der Waals surface area contributed by atoms with Gasteiger partial charge in [0, 0.05) is 48.7 Å². The first kappa shape index (κ1) is 25.9. The maximum Gasteiger partial charge on any atom is 0.338 e. The Morgan fingerprint density at radius 1 is 0.816 bits per heavy atom. The molecule has 0 bridgehead atoms. The van der Waals surface area contributed by atoms with Crippen LogP contribution in [0.3, 0.4) is 0 Å². The lowest BCUT2D eigenvalue weighted by Crippen LogP contribution is -2.49. The van der Waals surface area contributed by atoms with E-state index in [-0.39, 0.29) is 26.8 Å². The molecule has 1 aromatic heterocycles. The zero-order chi connectivity index (χ0) is 26.9. The van der Waals surface area contributed by atoms with Crippen molar-refractivity contribution in [2.24, 2.45) is 0 Å². The van der Waals surface area contributed by atoms with Crippen molar-refractivity contribution in [3.05, 3.63) is 94.7 Å². The topological polar surface area (TPSA) is 96.9 Å². The minimum absolute atomic E-state index is 0.0835. The first-order valence-electron chi connectivity index (χ1n) is 11.9.